The second kappa shape index (κ2) is 5.26. The van der Waals surface area contributed by atoms with Crippen LogP contribution in [-0.4, -0.2) is 12.0 Å². The van der Waals surface area contributed by atoms with Crippen LogP contribution in [0.25, 0.3) is 10.9 Å². The molecule has 0 bridgehead atoms. The molecule has 1 aromatic heterocycles. The van der Waals surface area contributed by atoms with Gasteiger partial charge in [-0.15, -0.1) is 0 Å². The fourth-order valence-corrected chi connectivity index (χ4v) is 2.33. The number of nitriles is 1. The number of anilines is 2. The lowest BCUT2D eigenvalue weighted by molar-refractivity contribution is 1.14. The number of benzene rings is 2. The van der Waals surface area contributed by atoms with Gasteiger partial charge < -0.3 is 4.90 Å². The number of fused-ring (bicyclic) bond motifs is 1. The fourth-order valence-electron chi connectivity index (χ4n) is 2.33. The molecule has 0 spiro atoms. The Hall–Kier alpha value is -2.86. The predicted molar refractivity (Wildman–Crippen MR) is 85.7 cm³/mol. The van der Waals surface area contributed by atoms with Gasteiger partial charge in [-0.1, -0.05) is 35.9 Å². The standard InChI is InChI=1S/C18H15N3/c1-13-7-9-16(10-8-13)21(2)18-15(12-19)11-14-5-3-4-6-17(14)20-18/h3-11H,1-2H3. The monoisotopic (exact) mass is 273 g/mol. The first kappa shape index (κ1) is 13.1. The molecule has 0 atom stereocenters. The van der Waals surface area contributed by atoms with Crippen molar-refractivity contribution in [3.05, 3.63) is 65.7 Å². The van der Waals surface area contributed by atoms with Crippen LogP contribution in [0.1, 0.15) is 11.1 Å². The zero-order valence-corrected chi connectivity index (χ0v) is 12.0. The minimum atomic E-state index is 0.580. The lowest BCUT2D eigenvalue weighted by Crippen LogP contribution is -2.13. The third kappa shape index (κ3) is 2.44. The highest BCUT2D eigenvalue weighted by Crippen LogP contribution is 2.27. The number of pyridine rings is 1. The molecular weight excluding hydrogens is 258 g/mol. The van der Waals surface area contributed by atoms with Crippen LogP contribution in [0, 0.1) is 18.3 Å². The summed E-state index contributed by atoms with van der Waals surface area (Å²) in [6.07, 6.45) is 0. The topological polar surface area (TPSA) is 39.9 Å². The first-order valence-corrected chi connectivity index (χ1v) is 6.79. The summed E-state index contributed by atoms with van der Waals surface area (Å²) in [5.74, 6) is 0.681. The highest BCUT2D eigenvalue weighted by Gasteiger charge is 2.12. The Kier molecular flexibility index (Phi) is 3.29. The van der Waals surface area contributed by atoms with Crippen LogP contribution in [0.4, 0.5) is 11.5 Å². The Balaban J connectivity index is 2.14. The van der Waals surface area contributed by atoms with E-state index < -0.39 is 0 Å². The third-order valence-electron chi connectivity index (χ3n) is 3.56. The molecule has 0 fully saturated rings. The average Bonchev–Trinajstić information content (AvgIpc) is 2.53. The quantitative estimate of drug-likeness (QED) is 0.703. The average molecular weight is 273 g/mol. The van der Waals surface area contributed by atoms with Gasteiger partial charge in [0, 0.05) is 18.1 Å². The van der Waals surface area contributed by atoms with Gasteiger partial charge in [0.1, 0.15) is 6.07 Å². The maximum Gasteiger partial charge on any atom is 0.151 e. The molecular formula is C18H15N3. The Morgan fingerprint density at radius 1 is 1.05 bits per heavy atom. The van der Waals surface area contributed by atoms with E-state index in [0.717, 1.165) is 16.6 Å². The Morgan fingerprint density at radius 3 is 2.48 bits per heavy atom. The van der Waals surface area contributed by atoms with E-state index in [4.69, 9.17) is 0 Å². The summed E-state index contributed by atoms with van der Waals surface area (Å²) in [6.45, 7) is 2.05. The molecule has 2 aromatic carbocycles. The van der Waals surface area contributed by atoms with E-state index in [-0.39, 0.29) is 0 Å². The van der Waals surface area contributed by atoms with Crippen LogP contribution in [0.2, 0.25) is 0 Å². The lowest BCUT2D eigenvalue weighted by Gasteiger charge is -2.20. The van der Waals surface area contributed by atoms with Crippen molar-refractivity contribution in [2.75, 3.05) is 11.9 Å². The SMILES string of the molecule is Cc1ccc(N(C)c2nc3ccccc3cc2C#N)cc1. The molecule has 0 saturated heterocycles. The van der Waals surface area contributed by atoms with Crippen LogP contribution in [-0.2, 0) is 0 Å². The maximum absolute atomic E-state index is 9.40. The van der Waals surface area contributed by atoms with Crippen molar-refractivity contribution in [3.8, 4) is 6.07 Å². The van der Waals surface area contributed by atoms with E-state index in [2.05, 4.69) is 30.1 Å². The zero-order chi connectivity index (χ0) is 14.8. The summed E-state index contributed by atoms with van der Waals surface area (Å²) >= 11 is 0. The molecule has 1 heterocycles. The second-order valence-electron chi connectivity index (χ2n) is 5.06. The summed E-state index contributed by atoms with van der Waals surface area (Å²) in [5, 5.41) is 10.4. The highest BCUT2D eigenvalue weighted by atomic mass is 15.2. The van der Waals surface area contributed by atoms with Crippen LogP contribution < -0.4 is 4.90 Å². The normalized spacial score (nSPS) is 10.3. The van der Waals surface area contributed by atoms with E-state index >= 15 is 0 Å². The molecule has 0 unspecified atom stereocenters. The molecule has 21 heavy (non-hydrogen) atoms. The fraction of sp³-hybridized carbons (Fsp3) is 0.111. The number of para-hydroxylation sites is 1. The van der Waals surface area contributed by atoms with Gasteiger partial charge in [0.2, 0.25) is 0 Å². The Bertz CT molecular complexity index is 829. The van der Waals surface area contributed by atoms with Crippen molar-refractivity contribution < 1.29 is 0 Å². The van der Waals surface area contributed by atoms with Crippen LogP contribution in [0.3, 0.4) is 0 Å². The van der Waals surface area contributed by atoms with Gasteiger partial charge in [-0.3, -0.25) is 0 Å². The summed E-state index contributed by atoms with van der Waals surface area (Å²) in [7, 11) is 1.93. The number of aromatic nitrogens is 1. The second-order valence-corrected chi connectivity index (χ2v) is 5.06. The van der Waals surface area contributed by atoms with E-state index in [1.165, 1.54) is 5.56 Å². The summed E-state index contributed by atoms with van der Waals surface area (Å²) in [5.41, 5.74) is 3.70. The maximum atomic E-state index is 9.40. The Morgan fingerprint density at radius 2 is 1.76 bits per heavy atom. The number of rotatable bonds is 2. The minimum absolute atomic E-state index is 0.580. The van der Waals surface area contributed by atoms with Crippen LogP contribution >= 0.6 is 0 Å². The molecule has 0 aliphatic carbocycles. The van der Waals surface area contributed by atoms with Gasteiger partial charge >= 0.3 is 0 Å². The van der Waals surface area contributed by atoms with Crippen molar-refractivity contribution in [3.63, 3.8) is 0 Å². The van der Waals surface area contributed by atoms with Gasteiger partial charge in [0.05, 0.1) is 11.1 Å². The van der Waals surface area contributed by atoms with Crippen molar-refractivity contribution in [2.24, 2.45) is 0 Å². The molecule has 0 aliphatic rings. The predicted octanol–water partition coefficient (Wildman–Crippen LogP) is 4.18. The van der Waals surface area contributed by atoms with Crippen molar-refractivity contribution in [2.45, 2.75) is 6.92 Å². The van der Waals surface area contributed by atoms with E-state index in [9.17, 15) is 5.26 Å². The molecule has 0 N–H and O–H groups in total. The van der Waals surface area contributed by atoms with Gasteiger partial charge in [-0.2, -0.15) is 5.26 Å². The summed E-state index contributed by atoms with van der Waals surface area (Å²) in [4.78, 5) is 6.60. The molecule has 0 radical (unpaired) electrons. The largest absolute Gasteiger partial charge is 0.328 e. The van der Waals surface area contributed by atoms with Gasteiger partial charge in [-0.05, 0) is 31.2 Å². The third-order valence-corrected chi connectivity index (χ3v) is 3.56. The zero-order valence-electron chi connectivity index (χ0n) is 12.0. The van der Waals surface area contributed by atoms with Crippen LogP contribution in [0.15, 0.2) is 54.6 Å². The number of hydrogen-bond acceptors (Lipinski definition) is 3. The molecule has 0 saturated carbocycles. The molecule has 3 aromatic rings. The van der Waals surface area contributed by atoms with Gasteiger partial charge in [0.25, 0.3) is 0 Å². The van der Waals surface area contributed by atoms with Crippen molar-refractivity contribution in [1.29, 1.82) is 5.26 Å². The molecule has 0 amide bonds. The molecule has 3 nitrogen and oxygen atoms in total. The minimum Gasteiger partial charge on any atom is -0.328 e. The smallest absolute Gasteiger partial charge is 0.151 e. The molecule has 3 rings (SSSR count). The number of hydrogen-bond donors (Lipinski definition) is 0. The Labute approximate surface area is 124 Å². The van der Waals surface area contributed by atoms with Crippen molar-refractivity contribution in [1.82, 2.24) is 4.98 Å². The highest BCUT2D eigenvalue weighted by molar-refractivity contribution is 5.84. The molecule has 0 aliphatic heterocycles. The molecule has 3 heteroatoms. The lowest BCUT2D eigenvalue weighted by atomic mass is 10.1. The van der Waals surface area contributed by atoms with E-state index in [0.29, 0.717) is 11.4 Å². The van der Waals surface area contributed by atoms with Crippen LogP contribution in [0.5, 0.6) is 0 Å². The first-order valence-electron chi connectivity index (χ1n) is 6.79. The first-order chi connectivity index (χ1) is 10.2. The van der Waals surface area contributed by atoms with E-state index in [1.807, 2.05) is 54.4 Å². The number of nitrogens with zero attached hydrogens (tertiary/aromatic N) is 3. The molecule has 102 valence electrons. The summed E-state index contributed by atoms with van der Waals surface area (Å²) in [6, 6.07) is 20.2. The van der Waals surface area contributed by atoms with Gasteiger partial charge in [-0.25, -0.2) is 4.98 Å². The number of aryl methyl sites for hydroxylation is 1. The van der Waals surface area contributed by atoms with E-state index in [1.54, 1.807) is 0 Å². The van der Waals surface area contributed by atoms with Gasteiger partial charge in [0.15, 0.2) is 5.82 Å². The summed E-state index contributed by atoms with van der Waals surface area (Å²) < 4.78 is 0. The van der Waals surface area contributed by atoms with Crippen molar-refractivity contribution >= 4 is 22.4 Å².